The van der Waals surface area contributed by atoms with E-state index in [-0.39, 0.29) is 5.91 Å². The van der Waals surface area contributed by atoms with Crippen LogP contribution in [0.25, 0.3) is 22.5 Å². The maximum absolute atomic E-state index is 12.8. The zero-order valence-electron chi connectivity index (χ0n) is 23.1. The number of carbonyl (C=O) groups excluding carboxylic acids is 1. The Bertz CT molecular complexity index is 1660. The van der Waals surface area contributed by atoms with E-state index in [0.29, 0.717) is 29.4 Å². The van der Waals surface area contributed by atoms with Crippen molar-refractivity contribution in [3.05, 3.63) is 102 Å². The Morgan fingerprint density at radius 2 is 1.66 bits per heavy atom. The smallest absolute Gasteiger partial charge is 0.253 e. The minimum Gasteiger partial charge on any atom is -0.497 e. The quantitative estimate of drug-likeness (QED) is 0.240. The lowest BCUT2D eigenvalue weighted by atomic mass is 9.98. The molecular weight excluding hydrogens is 536 g/mol. The van der Waals surface area contributed by atoms with Gasteiger partial charge in [-0.05, 0) is 48.7 Å². The number of benzene rings is 3. The van der Waals surface area contributed by atoms with Gasteiger partial charge in [0.25, 0.3) is 5.91 Å². The van der Waals surface area contributed by atoms with Crippen molar-refractivity contribution >= 4 is 17.7 Å². The molecule has 1 amide bonds. The number of pyridine rings is 1. The largest absolute Gasteiger partial charge is 0.497 e. The van der Waals surface area contributed by atoms with Crippen LogP contribution in [0.1, 0.15) is 27.0 Å². The number of amides is 1. The van der Waals surface area contributed by atoms with Crippen molar-refractivity contribution in [2.75, 3.05) is 14.2 Å². The molecule has 0 saturated heterocycles. The van der Waals surface area contributed by atoms with Crippen molar-refractivity contribution in [1.29, 1.82) is 0 Å². The minimum atomic E-state index is -0.212. The van der Waals surface area contributed by atoms with Crippen LogP contribution < -0.4 is 14.8 Å². The van der Waals surface area contributed by atoms with Gasteiger partial charge in [0, 0.05) is 29.9 Å². The molecule has 0 aliphatic rings. The van der Waals surface area contributed by atoms with E-state index in [1.807, 2.05) is 42.5 Å². The monoisotopic (exact) mass is 564 g/mol. The van der Waals surface area contributed by atoms with Crippen LogP contribution in [0.2, 0.25) is 0 Å². The van der Waals surface area contributed by atoms with E-state index in [2.05, 4.69) is 62.7 Å². The summed E-state index contributed by atoms with van der Waals surface area (Å²) in [7, 11) is 3.29. The number of ether oxygens (including phenoxy) is 2. The molecule has 0 radical (unpaired) electrons. The van der Waals surface area contributed by atoms with Crippen LogP contribution in [0, 0.1) is 13.8 Å². The van der Waals surface area contributed by atoms with Crippen molar-refractivity contribution in [3.63, 3.8) is 0 Å². The molecule has 2 heterocycles. The summed E-state index contributed by atoms with van der Waals surface area (Å²) in [4.78, 5) is 18.3. The van der Waals surface area contributed by atoms with Gasteiger partial charge in [-0.2, -0.15) is 0 Å². The third kappa shape index (κ3) is 6.50. The normalized spacial score (nSPS) is 10.7. The maximum Gasteiger partial charge on any atom is 0.253 e. The SMILES string of the molecule is COc1cc(OC)c(Sc2ccc(C(=O)NCc3ccc(-c4nncnn4)cc3)cn2)c(-c2cc(C)ccc2C)c1. The maximum atomic E-state index is 12.8. The summed E-state index contributed by atoms with van der Waals surface area (Å²) in [6.45, 7) is 4.52. The van der Waals surface area contributed by atoms with Gasteiger partial charge in [-0.3, -0.25) is 4.79 Å². The summed E-state index contributed by atoms with van der Waals surface area (Å²) in [5.74, 6) is 1.63. The molecule has 5 rings (SSSR count). The van der Waals surface area contributed by atoms with E-state index in [0.717, 1.165) is 43.3 Å². The highest BCUT2D eigenvalue weighted by molar-refractivity contribution is 7.99. The molecule has 0 spiro atoms. The highest BCUT2D eigenvalue weighted by Gasteiger charge is 2.18. The molecule has 5 aromatic rings. The number of nitrogens with zero attached hydrogens (tertiary/aromatic N) is 5. The lowest BCUT2D eigenvalue weighted by molar-refractivity contribution is 0.0950. The van der Waals surface area contributed by atoms with Crippen LogP contribution in [0.5, 0.6) is 11.5 Å². The zero-order chi connectivity index (χ0) is 28.8. The molecular formula is C31H28N6O3S. The highest BCUT2D eigenvalue weighted by Crippen LogP contribution is 2.45. The second-order valence-corrected chi connectivity index (χ2v) is 10.3. The molecule has 3 aromatic carbocycles. The molecule has 10 heteroatoms. The van der Waals surface area contributed by atoms with Crippen LogP contribution >= 0.6 is 11.8 Å². The molecule has 0 saturated carbocycles. The second kappa shape index (κ2) is 12.6. The Balaban J connectivity index is 1.31. The molecule has 206 valence electrons. The van der Waals surface area contributed by atoms with E-state index < -0.39 is 0 Å². The van der Waals surface area contributed by atoms with Crippen LogP contribution in [-0.2, 0) is 6.54 Å². The first-order valence-corrected chi connectivity index (χ1v) is 13.6. The molecule has 0 aliphatic heterocycles. The van der Waals surface area contributed by atoms with Crippen LogP contribution in [0.15, 0.2) is 89.2 Å². The van der Waals surface area contributed by atoms with Gasteiger partial charge in [-0.1, -0.05) is 59.8 Å². The van der Waals surface area contributed by atoms with Gasteiger partial charge in [0.1, 0.15) is 16.5 Å². The number of rotatable bonds is 9. The first kappa shape index (κ1) is 27.7. The first-order chi connectivity index (χ1) is 19.9. The standard InChI is InChI=1S/C31H28N6O3S/c1-19-5-6-20(2)25(13-19)26-14-24(39-3)15-27(40-4)29(26)41-28-12-11-23(17-32-28)31(38)33-16-21-7-9-22(10-8-21)30-36-34-18-35-37-30/h5-15,17-18H,16H2,1-4H3,(H,33,38). The average molecular weight is 565 g/mol. The first-order valence-electron chi connectivity index (χ1n) is 12.8. The van der Waals surface area contributed by atoms with Gasteiger partial charge < -0.3 is 14.8 Å². The fourth-order valence-corrected chi connectivity index (χ4v) is 5.21. The second-order valence-electron chi connectivity index (χ2n) is 9.26. The number of hydrogen-bond donors (Lipinski definition) is 1. The topological polar surface area (TPSA) is 112 Å². The molecule has 9 nitrogen and oxygen atoms in total. The highest BCUT2D eigenvalue weighted by atomic mass is 32.2. The van der Waals surface area contributed by atoms with Crippen LogP contribution in [0.3, 0.4) is 0 Å². The van der Waals surface area contributed by atoms with E-state index in [1.165, 1.54) is 18.1 Å². The summed E-state index contributed by atoms with van der Waals surface area (Å²) in [5, 5.41) is 19.1. The number of carbonyl (C=O) groups is 1. The van der Waals surface area contributed by atoms with E-state index in [9.17, 15) is 4.79 Å². The molecule has 1 N–H and O–H groups in total. The zero-order valence-corrected chi connectivity index (χ0v) is 23.9. The Morgan fingerprint density at radius 3 is 2.34 bits per heavy atom. The number of hydrogen-bond acceptors (Lipinski definition) is 9. The molecule has 0 atom stereocenters. The Hall–Kier alpha value is -4.83. The van der Waals surface area contributed by atoms with Crippen LogP contribution in [0.4, 0.5) is 0 Å². The van der Waals surface area contributed by atoms with E-state index in [1.54, 1.807) is 26.5 Å². The third-order valence-corrected chi connectivity index (χ3v) is 7.52. The van der Waals surface area contributed by atoms with Crippen molar-refractivity contribution in [2.24, 2.45) is 0 Å². The van der Waals surface area contributed by atoms with Gasteiger partial charge in [0.05, 0.1) is 24.7 Å². The molecule has 0 bridgehead atoms. The fourth-order valence-electron chi connectivity index (χ4n) is 4.23. The number of aryl methyl sites for hydroxylation is 2. The molecule has 41 heavy (non-hydrogen) atoms. The summed E-state index contributed by atoms with van der Waals surface area (Å²) in [6.07, 6.45) is 2.87. The van der Waals surface area contributed by atoms with Crippen molar-refractivity contribution in [2.45, 2.75) is 30.3 Å². The third-order valence-electron chi connectivity index (χ3n) is 6.45. The minimum absolute atomic E-state index is 0.212. The molecule has 0 aliphatic carbocycles. The summed E-state index contributed by atoms with van der Waals surface area (Å²) < 4.78 is 11.3. The number of nitrogens with one attached hydrogen (secondary N) is 1. The van der Waals surface area contributed by atoms with Crippen molar-refractivity contribution in [3.8, 4) is 34.0 Å². The van der Waals surface area contributed by atoms with Gasteiger partial charge in [-0.15, -0.1) is 20.4 Å². The number of methoxy groups -OCH3 is 2. The number of aromatic nitrogens is 5. The Labute approximate surface area is 242 Å². The van der Waals surface area contributed by atoms with E-state index in [4.69, 9.17) is 9.47 Å². The average Bonchev–Trinajstić information content (AvgIpc) is 3.02. The summed E-state index contributed by atoms with van der Waals surface area (Å²) in [6, 6.07) is 21.4. The van der Waals surface area contributed by atoms with E-state index >= 15 is 0 Å². The fraction of sp³-hybridized carbons (Fsp3) is 0.161. The molecule has 2 aromatic heterocycles. The van der Waals surface area contributed by atoms with Gasteiger partial charge in [0.15, 0.2) is 6.33 Å². The van der Waals surface area contributed by atoms with Crippen molar-refractivity contribution in [1.82, 2.24) is 30.7 Å². The molecule has 0 fully saturated rings. The van der Waals surface area contributed by atoms with Gasteiger partial charge >= 0.3 is 0 Å². The summed E-state index contributed by atoms with van der Waals surface area (Å²) >= 11 is 1.48. The van der Waals surface area contributed by atoms with Crippen molar-refractivity contribution < 1.29 is 14.3 Å². The van der Waals surface area contributed by atoms with Crippen LogP contribution in [-0.4, -0.2) is 45.5 Å². The Morgan fingerprint density at radius 1 is 0.878 bits per heavy atom. The lowest BCUT2D eigenvalue weighted by Gasteiger charge is -2.17. The Kier molecular flexibility index (Phi) is 8.50. The predicted octanol–water partition coefficient (Wildman–Crippen LogP) is 5.71. The summed E-state index contributed by atoms with van der Waals surface area (Å²) in [5.41, 5.74) is 6.60. The predicted molar refractivity (Wildman–Crippen MR) is 157 cm³/mol. The van der Waals surface area contributed by atoms with Gasteiger partial charge in [0.2, 0.25) is 5.82 Å². The molecule has 0 unspecified atom stereocenters. The van der Waals surface area contributed by atoms with Gasteiger partial charge in [-0.25, -0.2) is 4.98 Å². The lowest BCUT2D eigenvalue weighted by Crippen LogP contribution is -2.22.